The molecule has 0 aromatic heterocycles. The van der Waals surface area contributed by atoms with Gasteiger partial charge in [-0.2, -0.15) is 0 Å². The lowest BCUT2D eigenvalue weighted by Crippen LogP contribution is -2.42. The molecule has 1 N–H and O–H groups in total. The molecule has 0 fully saturated rings. The van der Waals surface area contributed by atoms with Crippen molar-refractivity contribution in [2.24, 2.45) is 11.3 Å². The van der Waals surface area contributed by atoms with Gasteiger partial charge in [0.2, 0.25) is 5.90 Å². The molecular weight excluding hydrogens is 337 g/mol. The number of Topliss-reactive ketones (excluding diaryl/α,β-unsaturated/α-hetero) is 1. The second kappa shape index (κ2) is 6.67. The Bertz CT molecular complexity index is 812. The molecule has 1 aliphatic heterocycles. The van der Waals surface area contributed by atoms with Crippen molar-refractivity contribution in [2.45, 2.75) is 39.5 Å². The smallest absolute Gasteiger partial charge is 0.319 e. The van der Waals surface area contributed by atoms with Crippen LogP contribution in [0.1, 0.15) is 45.1 Å². The average Bonchev–Trinajstić information content (AvgIpc) is 2.53. The Labute approximate surface area is 151 Å². The highest BCUT2D eigenvalue weighted by atomic mass is 19.1. The van der Waals surface area contributed by atoms with Crippen molar-refractivity contribution in [3.8, 4) is 0 Å². The zero-order valence-electron chi connectivity index (χ0n) is 15.1. The van der Waals surface area contributed by atoms with E-state index >= 15 is 0 Å². The van der Waals surface area contributed by atoms with Crippen molar-refractivity contribution >= 4 is 17.7 Å². The number of ether oxygens (including phenoxy) is 2. The van der Waals surface area contributed by atoms with Gasteiger partial charge in [-0.05, 0) is 24.0 Å². The fourth-order valence-electron chi connectivity index (χ4n) is 3.77. The van der Waals surface area contributed by atoms with Crippen LogP contribution in [0.25, 0.3) is 0 Å². The summed E-state index contributed by atoms with van der Waals surface area (Å²) in [6.45, 7) is 5.66. The minimum Gasteiger partial charge on any atom is -0.465 e. The van der Waals surface area contributed by atoms with E-state index in [0.29, 0.717) is 17.8 Å². The van der Waals surface area contributed by atoms with Crippen molar-refractivity contribution < 1.29 is 23.5 Å². The number of esters is 1. The number of allylic oxidation sites excluding steroid dienone is 2. The van der Waals surface area contributed by atoms with Crippen molar-refractivity contribution in [3.05, 3.63) is 47.0 Å². The van der Waals surface area contributed by atoms with Gasteiger partial charge in [0.25, 0.3) is 0 Å². The minimum atomic E-state index is -1.17. The SMILES string of the molecule is CCOC(=O)C1C(=N)OC2=C(C(=O)CC(C)(C)C2)C1c1ccccc1F. The third-order valence-corrected chi connectivity index (χ3v) is 4.82. The zero-order valence-corrected chi connectivity index (χ0v) is 15.1. The third-order valence-electron chi connectivity index (χ3n) is 4.82. The number of nitrogens with one attached hydrogen (secondary N) is 1. The molecule has 6 heteroatoms. The maximum atomic E-state index is 14.6. The van der Waals surface area contributed by atoms with E-state index in [1.807, 2.05) is 13.8 Å². The van der Waals surface area contributed by atoms with Crippen LogP contribution >= 0.6 is 0 Å². The first-order chi connectivity index (χ1) is 12.2. The van der Waals surface area contributed by atoms with E-state index in [-0.39, 0.29) is 35.7 Å². The van der Waals surface area contributed by atoms with Gasteiger partial charge in [-0.15, -0.1) is 0 Å². The van der Waals surface area contributed by atoms with Crippen molar-refractivity contribution in [1.29, 1.82) is 5.41 Å². The fraction of sp³-hybridized carbons (Fsp3) is 0.450. The Balaban J connectivity index is 2.19. The first-order valence-electron chi connectivity index (χ1n) is 8.68. The molecule has 138 valence electrons. The number of carbonyl (C=O) groups excluding carboxylic acids is 2. The summed E-state index contributed by atoms with van der Waals surface area (Å²) in [6.07, 6.45) is 0.736. The van der Waals surface area contributed by atoms with Crippen molar-refractivity contribution in [2.75, 3.05) is 6.61 Å². The van der Waals surface area contributed by atoms with Crippen molar-refractivity contribution in [3.63, 3.8) is 0 Å². The van der Waals surface area contributed by atoms with E-state index in [2.05, 4.69) is 0 Å². The van der Waals surface area contributed by atoms with Gasteiger partial charge in [0.15, 0.2) is 5.78 Å². The van der Waals surface area contributed by atoms with Crippen LogP contribution in [0.4, 0.5) is 4.39 Å². The molecule has 1 aromatic carbocycles. The topological polar surface area (TPSA) is 76.5 Å². The van der Waals surface area contributed by atoms with Gasteiger partial charge in [0, 0.05) is 24.3 Å². The summed E-state index contributed by atoms with van der Waals surface area (Å²) < 4.78 is 25.2. The molecule has 0 bridgehead atoms. The predicted molar refractivity (Wildman–Crippen MR) is 93.1 cm³/mol. The molecular formula is C20H22FNO4. The first-order valence-corrected chi connectivity index (χ1v) is 8.68. The monoisotopic (exact) mass is 359 g/mol. The Hall–Kier alpha value is -2.50. The zero-order chi connectivity index (χ0) is 19.1. The molecule has 0 spiro atoms. The molecule has 0 saturated heterocycles. The summed E-state index contributed by atoms with van der Waals surface area (Å²) in [4.78, 5) is 25.4. The van der Waals surface area contributed by atoms with Gasteiger partial charge in [0.1, 0.15) is 17.5 Å². The Kier molecular flexibility index (Phi) is 4.69. The van der Waals surface area contributed by atoms with Gasteiger partial charge in [0.05, 0.1) is 6.61 Å². The maximum absolute atomic E-state index is 14.6. The highest BCUT2D eigenvalue weighted by Crippen LogP contribution is 2.48. The summed E-state index contributed by atoms with van der Waals surface area (Å²) >= 11 is 0. The molecule has 0 radical (unpaired) electrons. The van der Waals surface area contributed by atoms with Crippen LogP contribution in [0.5, 0.6) is 0 Å². The molecule has 0 saturated carbocycles. The standard InChI is InChI=1S/C20H22FNO4/c1-4-25-19(24)17-15(11-7-5-6-8-12(11)21)16-13(23)9-20(2,3)10-14(16)26-18(17)22/h5-8,15,17,22H,4,9-10H2,1-3H3. The van der Waals surface area contributed by atoms with Crippen LogP contribution in [0.3, 0.4) is 0 Å². The summed E-state index contributed by atoms with van der Waals surface area (Å²) in [5, 5.41) is 8.23. The molecule has 2 atom stereocenters. The Morgan fingerprint density at radius 3 is 2.69 bits per heavy atom. The van der Waals surface area contributed by atoms with Crippen LogP contribution in [-0.2, 0) is 19.1 Å². The molecule has 3 rings (SSSR count). The van der Waals surface area contributed by atoms with Gasteiger partial charge in [-0.1, -0.05) is 32.0 Å². The van der Waals surface area contributed by atoms with Gasteiger partial charge in [-0.25, -0.2) is 4.39 Å². The number of hydrogen-bond acceptors (Lipinski definition) is 5. The lowest BCUT2D eigenvalue weighted by atomic mass is 9.68. The summed E-state index contributed by atoms with van der Waals surface area (Å²) in [5.74, 6) is -3.40. The molecule has 5 nitrogen and oxygen atoms in total. The Morgan fingerprint density at radius 2 is 2.04 bits per heavy atom. The van der Waals surface area contributed by atoms with E-state index in [4.69, 9.17) is 14.9 Å². The predicted octanol–water partition coefficient (Wildman–Crippen LogP) is 3.74. The van der Waals surface area contributed by atoms with Crippen LogP contribution in [0, 0.1) is 22.6 Å². The second-order valence-corrected chi connectivity index (χ2v) is 7.47. The van der Waals surface area contributed by atoms with E-state index in [0.717, 1.165) is 0 Å². The van der Waals surface area contributed by atoms with Crippen LogP contribution in [0.15, 0.2) is 35.6 Å². The molecule has 2 aliphatic rings. The number of carbonyl (C=O) groups is 2. The van der Waals surface area contributed by atoms with Gasteiger partial charge in [-0.3, -0.25) is 15.0 Å². The molecule has 1 aromatic rings. The lowest BCUT2D eigenvalue weighted by Gasteiger charge is -2.40. The molecule has 26 heavy (non-hydrogen) atoms. The van der Waals surface area contributed by atoms with Crippen LogP contribution < -0.4 is 0 Å². The number of benzene rings is 1. The van der Waals surface area contributed by atoms with Gasteiger partial charge >= 0.3 is 5.97 Å². The number of rotatable bonds is 3. The maximum Gasteiger partial charge on any atom is 0.319 e. The van der Waals surface area contributed by atoms with Gasteiger partial charge < -0.3 is 9.47 Å². The quantitative estimate of drug-likeness (QED) is 0.834. The fourth-order valence-corrected chi connectivity index (χ4v) is 3.77. The van der Waals surface area contributed by atoms with E-state index in [9.17, 15) is 14.0 Å². The summed E-state index contributed by atoms with van der Waals surface area (Å²) in [5.41, 5.74) is 0.190. The minimum absolute atomic E-state index is 0.124. The molecule has 1 heterocycles. The van der Waals surface area contributed by atoms with Crippen LogP contribution in [0.2, 0.25) is 0 Å². The van der Waals surface area contributed by atoms with Crippen molar-refractivity contribution in [1.82, 2.24) is 0 Å². The highest BCUT2D eigenvalue weighted by molar-refractivity contribution is 6.06. The number of hydrogen-bond donors (Lipinski definition) is 1. The molecule has 0 amide bonds. The third kappa shape index (κ3) is 3.16. The van der Waals surface area contributed by atoms with Crippen LogP contribution in [-0.4, -0.2) is 24.3 Å². The first kappa shape index (κ1) is 18.3. The lowest BCUT2D eigenvalue weighted by molar-refractivity contribution is -0.146. The van der Waals surface area contributed by atoms with E-state index in [1.54, 1.807) is 25.1 Å². The summed E-state index contributed by atoms with van der Waals surface area (Å²) in [7, 11) is 0. The largest absolute Gasteiger partial charge is 0.465 e. The molecule has 2 unspecified atom stereocenters. The number of ketones is 1. The average molecular weight is 359 g/mol. The Morgan fingerprint density at radius 1 is 1.35 bits per heavy atom. The summed E-state index contributed by atoms with van der Waals surface area (Å²) in [6, 6.07) is 6.03. The van der Waals surface area contributed by atoms with E-state index in [1.165, 1.54) is 6.07 Å². The number of halogens is 1. The highest BCUT2D eigenvalue weighted by Gasteiger charge is 2.49. The second-order valence-electron chi connectivity index (χ2n) is 7.47. The van der Waals surface area contributed by atoms with E-state index < -0.39 is 23.6 Å². The normalized spacial score (nSPS) is 24.8. The molecule has 1 aliphatic carbocycles.